The summed E-state index contributed by atoms with van der Waals surface area (Å²) in [6.07, 6.45) is -1.13. The Balaban J connectivity index is 1.57. The number of rotatable bonds is 3. The van der Waals surface area contributed by atoms with Gasteiger partial charge in [0.1, 0.15) is 18.0 Å². The zero-order valence-corrected chi connectivity index (χ0v) is 14.2. The molecule has 0 spiro atoms. The molecule has 7 nitrogen and oxygen atoms in total. The van der Waals surface area contributed by atoms with Gasteiger partial charge in [0, 0.05) is 24.7 Å². The van der Waals surface area contributed by atoms with Gasteiger partial charge in [-0.2, -0.15) is 27.8 Å². The van der Waals surface area contributed by atoms with Gasteiger partial charge < -0.3 is 9.88 Å². The first-order valence-corrected chi connectivity index (χ1v) is 8.41. The van der Waals surface area contributed by atoms with E-state index >= 15 is 0 Å². The lowest BCUT2D eigenvalue weighted by Gasteiger charge is -2.11. The Labute approximate surface area is 150 Å². The van der Waals surface area contributed by atoms with Crippen molar-refractivity contribution in [2.45, 2.75) is 24.9 Å². The van der Waals surface area contributed by atoms with Crippen LogP contribution in [-0.2, 0) is 13.2 Å². The van der Waals surface area contributed by atoms with E-state index in [1.165, 1.54) is 4.52 Å². The molecule has 138 valence electrons. The van der Waals surface area contributed by atoms with Crippen molar-refractivity contribution in [1.82, 2.24) is 29.1 Å². The number of benzene rings is 1. The standard InChI is InChI=1S/C17H14F3N7/c1-26-12-5-4-10(6-11(12)24-15(26)9-2-3-9)23-14-7-13(17(18,19)20)25-16-21-8-22-27(14)16/h4-9,23H,2-3H2,1H3. The van der Waals surface area contributed by atoms with E-state index < -0.39 is 11.9 Å². The van der Waals surface area contributed by atoms with Crippen LogP contribution in [0.15, 0.2) is 30.6 Å². The number of aromatic nitrogens is 6. The number of hydrogen-bond donors (Lipinski definition) is 1. The summed E-state index contributed by atoms with van der Waals surface area (Å²) < 4.78 is 42.7. The van der Waals surface area contributed by atoms with Gasteiger partial charge in [0.15, 0.2) is 5.69 Å². The number of hydrogen-bond acceptors (Lipinski definition) is 5. The topological polar surface area (TPSA) is 72.9 Å². The molecule has 10 heteroatoms. The van der Waals surface area contributed by atoms with Crippen molar-refractivity contribution in [3.63, 3.8) is 0 Å². The van der Waals surface area contributed by atoms with Crippen molar-refractivity contribution in [3.8, 4) is 0 Å². The van der Waals surface area contributed by atoms with Gasteiger partial charge in [-0.1, -0.05) is 0 Å². The summed E-state index contributed by atoms with van der Waals surface area (Å²) in [5.74, 6) is 1.55. The van der Waals surface area contributed by atoms with Crippen LogP contribution >= 0.6 is 0 Å². The maximum Gasteiger partial charge on any atom is 0.433 e. The van der Waals surface area contributed by atoms with Gasteiger partial charge in [-0.3, -0.25) is 0 Å². The van der Waals surface area contributed by atoms with Crippen molar-refractivity contribution in [3.05, 3.63) is 42.1 Å². The van der Waals surface area contributed by atoms with E-state index in [2.05, 4.69) is 29.9 Å². The molecule has 27 heavy (non-hydrogen) atoms. The second kappa shape index (κ2) is 5.41. The lowest BCUT2D eigenvalue weighted by atomic mass is 10.2. The molecule has 1 fully saturated rings. The SMILES string of the molecule is Cn1c(C2CC2)nc2cc(Nc3cc(C(F)(F)F)nc4ncnn34)ccc21. The number of nitrogens with one attached hydrogen (secondary N) is 1. The quantitative estimate of drug-likeness (QED) is 0.593. The minimum absolute atomic E-state index is 0.123. The van der Waals surface area contributed by atoms with Crippen LogP contribution in [0.2, 0.25) is 0 Å². The molecule has 0 radical (unpaired) electrons. The molecule has 0 atom stereocenters. The fourth-order valence-corrected chi connectivity index (χ4v) is 3.20. The molecular weight excluding hydrogens is 359 g/mol. The first-order valence-electron chi connectivity index (χ1n) is 8.41. The van der Waals surface area contributed by atoms with Crippen molar-refractivity contribution in [2.24, 2.45) is 7.05 Å². The van der Waals surface area contributed by atoms with Gasteiger partial charge in [-0.15, -0.1) is 0 Å². The monoisotopic (exact) mass is 373 g/mol. The van der Waals surface area contributed by atoms with Crippen molar-refractivity contribution < 1.29 is 13.2 Å². The summed E-state index contributed by atoms with van der Waals surface area (Å²) >= 11 is 0. The predicted octanol–water partition coefficient (Wildman–Crippen LogP) is 3.65. The maximum absolute atomic E-state index is 13.1. The molecule has 0 aliphatic heterocycles. The van der Waals surface area contributed by atoms with E-state index in [4.69, 9.17) is 0 Å². The summed E-state index contributed by atoms with van der Waals surface area (Å²) in [6.45, 7) is 0. The third-order valence-electron chi connectivity index (χ3n) is 4.67. The highest BCUT2D eigenvalue weighted by molar-refractivity contribution is 5.81. The first-order chi connectivity index (χ1) is 12.9. The fraction of sp³-hybridized carbons (Fsp3) is 0.294. The number of anilines is 2. The Bertz CT molecular complexity index is 1170. The second-order valence-electron chi connectivity index (χ2n) is 6.63. The lowest BCUT2D eigenvalue weighted by Crippen LogP contribution is -2.12. The number of nitrogens with zero attached hydrogens (tertiary/aromatic N) is 6. The minimum atomic E-state index is -4.58. The summed E-state index contributed by atoms with van der Waals surface area (Å²) in [5, 5.41) is 6.93. The molecule has 0 unspecified atom stereocenters. The Kier molecular flexibility index (Phi) is 3.22. The second-order valence-corrected chi connectivity index (χ2v) is 6.63. The molecule has 0 amide bonds. The molecule has 1 N–H and O–H groups in total. The largest absolute Gasteiger partial charge is 0.433 e. The molecule has 0 bridgehead atoms. The van der Waals surface area contributed by atoms with Crippen molar-refractivity contribution in [2.75, 3.05) is 5.32 Å². The van der Waals surface area contributed by atoms with Crippen LogP contribution in [0.3, 0.4) is 0 Å². The fourth-order valence-electron chi connectivity index (χ4n) is 3.20. The normalized spacial score (nSPS) is 15.0. The summed E-state index contributed by atoms with van der Waals surface area (Å²) in [7, 11) is 1.98. The number of aryl methyl sites for hydroxylation is 1. The van der Waals surface area contributed by atoms with Crippen LogP contribution in [0.1, 0.15) is 30.3 Å². The average molecular weight is 373 g/mol. The molecule has 4 aromatic rings. The summed E-state index contributed by atoms with van der Waals surface area (Å²) in [6, 6.07) is 6.44. The smallest absolute Gasteiger partial charge is 0.340 e. The van der Waals surface area contributed by atoms with E-state index in [0.29, 0.717) is 11.6 Å². The van der Waals surface area contributed by atoms with E-state index in [1.54, 1.807) is 6.07 Å². The Morgan fingerprint density at radius 2 is 1.96 bits per heavy atom. The van der Waals surface area contributed by atoms with Crippen LogP contribution in [-0.4, -0.2) is 29.1 Å². The van der Waals surface area contributed by atoms with Gasteiger partial charge in [0.2, 0.25) is 0 Å². The molecule has 3 heterocycles. The Morgan fingerprint density at radius 3 is 2.70 bits per heavy atom. The van der Waals surface area contributed by atoms with Gasteiger partial charge in [0.05, 0.1) is 11.0 Å². The van der Waals surface area contributed by atoms with Crippen LogP contribution in [0.25, 0.3) is 16.8 Å². The third-order valence-corrected chi connectivity index (χ3v) is 4.67. The molecule has 1 aromatic carbocycles. The number of alkyl halides is 3. The van der Waals surface area contributed by atoms with E-state index in [0.717, 1.165) is 42.1 Å². The molecule has 5 rings (SSSR count). The van der Waals surface area contributed by atoms with Crippen LogP contribution in [0.5, 0.6) is 0 Å². The molecule has 3 aromatic heterocycles. The highest BCUT2D eigenvalue weighted by atomic mass is 19.4. The molecule has 0 saturated heterocycles. The third kappa shape index (κ3) is 2.68. The van der Waals surface area contributed by atoms with E-state index in [1.807, 2.05) is 19.2 Å². The Hall–Kier alpha value is -3.17. The first kappa shape index (κ1) is 16.0. The highest BCUT2D eigenvalue weighted by Crippen LogP contribution is 2.40. The van der Waals surface area contributed by atoms with Gasteiger partial charge >= 0.3 is 6.18 Å². The van der Waals surface area contributed by atoms with Crippen LogP contribution in [0, 0.1) is 0 Å². The number of halogens is 3. The zero-order chi connectivity index (χ0) is 18.8. The number of fused-ring (bicyclic) bond motifs is 2. The van der Waals surface area contributed by atoms with E-state index in [-0.39, 0.29) is 11.6 Å². The molecule has 1 aliphatic carbocycles. The number of imidazole rings is 1. The van der Waals surface area contributed by atoms with Gasteiger partial charge in [0.25, 0.3) is 5.78 Å². The Morgan fingerprint density at radius 1 is 1.15 bits per heavy atom. The van der Waals surface area contributed by atoms with Gasteiger partial charge in [-0.25, -0.2) is 9.97 Å². The van der Waals surface area contributed by atoms with Crippen molar-refractivity contribution in [1.29, 1.82) is 0 Å². The molecule has 1 aliphatic rings. The highest BCUT2D eigenvalue weighted by Gasteiger charge is 2.34. The van der Waals surface area contributed by atoms with Crippen LogP contribution < -0.4 is 5.32 Å². The summed E-state index contributed by atoms with van der Waals surface area (Å²) in [5.41, 5.74) is 1.36. The molecule has 1 saturated carbocycles. The van der Waals surface area contributed by atoms with Crippen molar-refractivity contribution >= 4 is 28.3 Å². The van der Waals surface area contributed by atoms with E-state index in [9.17, 15) is 13.2 Å². The van der Waals surface area contributed by atoms with Crippen LogP contribution in [0.4, 0.5) is 24.7 Å². The maximum atomic E-state index is 13.1. The van der Waals surface area contributed by atoms with Gasteiger partial charge in [-0.05, 0) is 31.0 Å². The lowest BCUT2D eigenvalue weighted by molar-refractivity contribution is -0.141. The average Bonchev–Trinajstić information content (AvgIpc) is 3.25. The zero-order valence-electron chi connectivity index (χ0n) is 14.2. The summed E-state index contributed by atoms with van der Waals surface area (Å²) in [4.78, 5) is 12.0. The molecular formula is C17H14F3N7. The predicted molar refractivity (Wildman–Crippen MR) is 91.8 cm³/mol. The minimum Gasteiger partial charge on any atom is -0.340 e.